The molecule has 0 radical (unpaired) electrons. The van der Waals surface area contributed by atoms with E-state index in [4.69, 9.17) is 0 Å². The highest BCUT2D eigenvalue weighted by Gasteiger charge is 2.46. The summed E-state index contributed by atoms with van der Waals surface area (Å²) in [6.07, 6.45) is 5.64. The summed E-state index contributed by atoms with van der Waals surface area (Å²) < 4.78 is 27.7. The average molecular weight is 317 g/mol. The average Bonchev–Trinajstić information content (AvgIpc) is 3.06. The minimum atomic E-state index is -3.52. The molecule has 2 aliphatic carbocycles. The van der Waals surface area contributed by atoms with Crippen LogP contribution in [0.25, 0.3) is 0 Å². The Morgan fingerprint density at radius 1 is 1.14 bits per heavy atom. The zero-order chi connectivity index (χ0) is 15.6. The molecule has 2 fully saturated rings. The number of carboxylic acid groups (broad SMARTS) is 1. The summed E-state index contributed by atoms with van der Waals surface area (Å²) in [6, 6.07) is 0.0763. The minimum Gasteiger partial charge on any atom is -0.481 e. The summed E-state index contributed by atoms with van der Waals surface area (Å²) in [7, 11) is -3.52. The van der Waals surface area contributed by atoms with Gasteiger partial charge in [0.15, 0.2) is 0 Å². The lowest BCUT2D eigenvalue weighted by molar-refractivity contribution is -0.141. The van der Waals surface area contributed by atoms with Gasteiger partial charge in [0.25, 0.3) is 0 Å². The number of hydrogen-bond acceptors (Lipinski definition) is 3. The molecule has 0 saturated heterocycles. The monoisotopic (exact) mass is 317 g/mol. The molecule has 0 spiro atoms. The first-order valence-electron chi connectivity index (χ1n) is 8.07. The van der Waals surface area contributed by atoms with Crippen molar-refractivity contribution < 1.29 is 18.3 Å². The van der Waals surface area contributed by atoms with Gasteiger partial charge in [-0.15, -0.1) is 0 Å². The molecule has 0 bridgehead atoms. The molecule has 21 heavy (non-hydrogen) atoms. The maximum absolute atomic E-state index is 13.0. The molecule has 0 aromatic carbocycles. The smallest absolute Gasteiger partial charge is 0.307 e. The first-order chi connectivity index (χ1) is 9.84. The largest absolute Gasteiger partial charge is 0.481 e. The Labute approximate surface area is 127 Å². The highest BCUT2D eigenvalue weighted by molar-refractivity contribution is 7.89. The SMILES string of the molecule is CC(C)CN(C1CCCC1)S(=O)(=O)C1CCCC1C(=O)O. The molecule has 2 aliphatic rings. The molecule has 2 saturated carbocycles. The van der Waals surface area contributed by atoms with E-state index in [1.165, 1.54) is 0 Å². The molecular weight excluding hydrogens is 290 g/mol. The van der Waals surface area contributed by atoms with E-state index in [1.54, 1.807) is 4.31 Å². The van der Waals surface area contributed by atoms with E-state index in [0.29, 0.717) is 25.8 Å². The fourth-order valence-corrected chi connectivity index (χ4v) is 6.36. The third-order valence-corrected chi connectivity index (χ3v) is 7.19. The van der Waals surface area contributed by atoms with Crippen LogP contribution < -0.4 is 0 Å². The van der Waals surface area contributed by atoms with Gasteiger partial charge in [0.1, 0.15) is 0 Å². The standard InChI is InChI=1S/C15H27NO4S/c1-11(2)10-16(12-6-3-4-7-12)21(19,20)14-9-5-8-13(14)15(17)18/h11-14H,3-10H2,1-2H3,(H,17,18). The molecular formula is C15H27NO4S. The van der Waals surface area contributed by atoms with E-state index in [9.17, 15) is 18.3 Å². The number of carboxylic acids is 1. The minimum absolute atomic E-state index is 0.0763. The van der Waals surface area contributed by atoms with E-state index in [2.05, 4.69) is 0 Å². The Bertz CT molecular complexity index is 468. The topological polar surface area (TPSA) is 74.7 Å². The predicted octanol–water partition coefficient (Wildman–Crippen LogP) is 2.47. The second-order valence-electron chi connectivity index (χ2n) is 6.86. The van der Waals surface area contributed by atoms with Crippen LogP contribution in [0.1, 0.15) is 58.8 Å². The van der Waals surface area contributed by atoms with Crippen molar-refractivity contribution in [2.45, 2.75) is 70.1 Å². The molecule has 6 heteroatoms. The highest BCUT2D eigenvalue weighted by Crippen LogP contribution is 2.36. The number of aliphatic carboxylic acids is 1. The summed E-state index contributed by atoms with van der Waals surface area (Å²) in [6.45, 7) is 4.54. The summed E-state index contributed by atoms with van der Waals surface area (Å²) in [5, 5.41) is 8.57. The molecule has 2 unspecified atom stereocenters. The van der Waals surface area contributed by atoms with Crippen LogP contribution in [0.2, 0.25) is 0 Å². The first-order valence-corrected chi connectivity index (χ1v) is 9.57. The van der Waals surface area contributed by atoms with Crippen molar-refractivity contribution in [1.29, 1.82) is 0 Å². The van der Waals surface area contributed by atoms with Gasteiger partial charge < -0.3 is 5.11 Å². The predicted molar refractivity (Wildman–Crippen MR) is 81.5 cm³/mol. The Morgan fingerprint density at radius 3 is 2.29 bits per heavy atom. The van der Waals surface area contributed by atoms with E-state index < -0.39 is 27.2 Å². The Kier molecular flexibility index (Phi) is 5.30. The van der Waals surface area contributed by atoms with Gasteiger partial charge in [0, 0.05) is 12.6 Å². The van der Waals surface area contributed by atoms with Gasteiger partial charge in [0.2, 0.25) is 10.0 Å². The fraction of sp³-hybridized carbons (Fsp3) is 0.933. The third kappa shape index (κ3) is 3.59. The Hall–Kier alpha value is -0.620. The van der Waals surface area contributed by atoms with E-state index in [-0.39, 0.29) is 12.0 Å². The number of rotatable bonds is 6. The summed E-state index contributed by atoms with van der Waals surface area (Å²) >= 11 is 0. The van der Waals surface area contributed by atoms with Crippen LogP contribution in [0, 0.1) is 11.8 Å². The quantitative estimate of drug-likeness (QED) is 0.816. The molecule has 1 N–H and O–H groups in total. The van der Waals surface area contributed by atoms with E-state index in [1.807, 2.05) is 13.8 Å². The van der Waals surface area contributed by atoms with Gasteiger partial charge in [-0.2, -0.15) is 4.31 Å². The van der Waals surface area contributed by atoms with Crippen molar-refractivity contribution in [1.82, 2.24) is 4.31 Å². The molecule has 0 aromatic heterocycles. The molecule has 0 aliphatic heterocycles. The summed E-state index contributed by atoms with van der Waals surface area (Å²) in [5.74, 6) is -1.44. The normalized spacial score (nSPS) is 27.8. The van der Waals surface area contributed by atoms with Crippen molar-refractivity contribution in [2.75, 3.05) is 6.54 Å². The van der Waals surface area contributed by atoms with E-state index >= 15 is 0 Å². The Morgan fingerprint density at radius 2 is 1.76 bits per heavy atom. The second kappa shape index (κ2) is 6.65. The lowest BCUT2D eigenvalue weighted by atomic mass is 10.1. The van der Waals surface area contributed by atoms with Crippen LogP contribution in [0.5, 0.6) is 0 Å². The van der Waals surface area contributed by atoms with Crippen molar-refractivity contribution in [3.05, 3.63) is 0 Å². The van der Waals surface area contributed by atoms with Crippen LogP contribution in [0.15, 0.2) is 0 Å². The number of sulfonamides is 1. The summed E-state index contributed by atoms with van der Waals surface area (Å²) in [5.41, 5.74) is 0. The first kappa shape index (κ1) is 16.7. The second-order valence-corrected chi connectivity index (χ2v) is 8.97. The van der Waals surface area contributed by atoms with Crippen LogP contribution in [-0.2, 0) is 14.8 Å². The lowest BCUT2D eigenvalue weighted by Crippen LogP contribution is -2.47. The zero-order valence-electron chi connectivity index (χ0n) is 13.0. The van der Waals surface area contributed by atoms with Gasteiger partial charge in [-0.05, 0) is 31.6 Å². The van der Waals surface area contributed by atoms with E-state index in [0.717, 1.165) is 25.7 Å². The van der Waals surface area contributed by atoms with Gasteiger partial charge in [-0.1, -0.05) is 33.1 Å². The Balaban J connectivity index is 2.25. The van der Waals surface area contributed by atoms with Crippen LogP contribution in [-0.4, -0.2) is 41.6 Å². The lowest BCUT2D eigenvalue weighted by Gasteiger charge is -2.33. The number of carbonyl (C=O) groups is 1. The molecule has 0 aromatic rings. The summed E-state index contributed by atoms with van der Waals surface area (Å²) in [4.78, 5) is 11.3. The maximum Gasteiger partial charge on any atom is 0.307 e. The molecule has 2 atom stereocenters. The van der Waals surface area contributed by atoms with Crippen molar-refractivity contribution in [3.8, 4) is 0 Å². The van der Waals surface area contributed by atoms with Crippen molar-refractivity contribution >= 4 is 16.0 Å². The number of nitrogens with zero attached hydrogens (tertiary/aromatic N) is 1. The van der Waals surface area contributed by atoms with Crippen LogP contribution in [0.4, 0.5) is 0 Å². The van der Waals surface area contributed by atoms with Gasteiger partial charge >= 0.3 is 5.97 Å². The maximum atomic E-state index is 13.0. The van der Waals surface area contributed by atoms with Gasteiger partial charge in [-0.3, -0.25) is 4.79 Å². The third-order valence-electron chi connectivity index (χ3n) is 4.76. The highest BCUT2D eigenvalue weighted by atomic mass is 32.2. The molecule has 0 amide bonds. The van der Waals surface area contributed by atoms with Crippen LogP contribution >= 0.6 is 0 Å². The van der Waals surface area contributed by atoms with Crippen LogP contribution in [0.3, 0.4) is 0 Å². The molecule has 0 heterocycles. The van der Waals surface area contributed by atoms with Gasteiger partial charge in [0.05, 0.1) is 11.2 Å². The zero-order valence-corrected chi connectivity index (χ0v) is 13.8. The molecule has 122 valence electrons. The van der Waals surface area contributed by atoms with Crippen molar-refractivity contribution in [3.63, 3.8) is 0 Å². The van der Waals surface area contributed by atoms with Crippen molar-refractivity contribution in [2.24, 2.45) is 11.8 Å². The molecule has 5 nitrogen and oxygen atoms in total. The van der Waals surface area contributed by atoms with Gasteiger partial charge in [-0.25, -0.2) is 8.42 Å². The fourth-order valence-electron chi connectivity index (χ4n) is 3.75. The molecule has 2 rings (SSSR count). The number of hydrogen-bond donors (Lipinski definition) is 1.